The minimum atomic E-state index is -0.201. The van der Waals surface area contributed by atoms with Gasteiger partial charge in [-0.25, -0.2) is 0 Å². The van der Waals surface area contributed by atoms with E-state index in [1.165, 1.54) is 0 Å². The van der Waals surface area contributed by atoms with Crippen LogP contribution in [-0.4, -0.2) is 40.9 Å². The first-order valence-corrected chi connectivity index (χ1v) is 14.1. The first kappa shape index (κ1) is 26.5. The van der Waals surface area contributed by atoms with E-state index in [1.54, 1.807) is 0 Å². The zero-order valence-corrected chi connectivity index (χ0v) is 22.8. The third-order valence-electron chi connectivity index (χ3n) is 7.82. The highest BCUT2D eigenvalue weighted by Gasteiger charge is 2.17. The van der Waals surface area contributed by atoms with E-state index in [0.717, 1.165) is 65.0 Å². The molecule has 0 spiro atoms. The van der Waals surface area contributed by atoms with E-state index in [4.69, 9.17) is 0 Å². The van der Waals surface area contributed by atoms with Gasteiger partial charge in [0, 0.05) is 65.8 Å². The highest BCUT2D eigenvalue weighted by atomic mass is 16.3. The molecule has 2 heterocycles. The Hall–Kier alpha value is -4.68. The third kappa shape index (κ3) is 6.39. The van der Waals surface area contributed by atoms with Gasteiger partial charge in [0.25, 0.3) is 0 Å². The molecule has 0 unspecified atom stereocenters. The average molecular weight is 544 g/mol. The number of Topliss-reactive ketones (excluding diaryl/α,β-unsaturated/α-hetero) is 2. The van der Waals surface area contributed by atoms with Crippen LogP contribution in [-0.2, 0) is 12.8 Å². The van der Waals surface area contributed by atoms with Crippen molar-refractivity contribution < 1.29 is 14.7 Å². The fourth-order valence-electron chi connectivity index (χ4n) is 5.36. The Morgan fingerprint density at radius 2 is 1.29 bits per heavy atom. The van der Waals surface area contributed by atoms with Crippen LogP contribution in [0.15, 0.2) is 103 Å². The van der Waals surface area contributed by atoms with Crippen LogP contribution < -0.4 is 10.2 Å². The van der Waals surface area contributed by atoms with E-state index in [1.807, 2.05) is 103 Å². The fourth-order valence-corrected chi connectivity index (χ4v) is 5.36. The van der Waals surface area contributed by atoms with E-state index in [0.29, 0.717) is 24.0 Å². The van der Waals surface area contributed by atoms with Gasteiger partial charge >= 0.3 is 0 Å². The highest BCUT2D eigenvalue weighted by Crippen LogP contribution is 2.23. The second-order valence-corrected chi connectivity index (χ2v) is 10.8. The standard InChI is InChI=1S/C35H33N3O3/c39-32-16-19-38(20-17-32)31-13-7-27(8-14-31)34(40)21-24-1-9-29(10-2-24)37-30-11-3-25(4-12-30)22-35(41)28-6-5-26-15-18-36-33(26)23-28/h1-15,18,23,32,36-37,39H,16-17,19-22H2. The first-order chi connectivity index (χ1) is 20.0. The number of hydrogen-bond acceptors (Lipinski definition) is 5. The van der Waals surface area contributed by atoms with E-state index >= 15 is 0 Å². The van der Waals surface area contributed by atoms with Crippen LogP contribution in [0.1, 0.15) is 44.7 Å². The Morgan fingerprint density at radius 1 is 0.732 bits per heavy atom. The molecule has 1 aliphatic heterocycles. The number of aromatic amines is 1. The Labute approximate surface area is 239 Å². The number of benzene rings is 4. The Kier molecular flexibility index (Phi) is 7.65. The summed E-state index contributed by atoms with van der Waals surface area (Å²) in [6, 6.07) is 31.3. The lowest BCUT2D eigenvalue weighted by atomic mass is 10.0. The predicted molar refractivity (Wildman–Crippen MR) is 164 cm³/mol. The van der Waals surface area contributed by atoms with Gasteiger partial charge in [-0.1, -0.05) is 36.4 Å². The number of rotatable bonds is 9. The molecule has 5 aromatic rings. The number of nitrogens with zero attached hydrogens (tertiary/aromatic N) is 1. The lowest BCUT2D eigenvalue weighted by Gasteiger charge is -2.31. The molecule has 41 heavy (non-hydrogen) atoms. The van der Waals surface area contributed by atoms with Crippen LogP contribution in [0, 0.1) is 0 Å². The number of carbonyl (C=O) groups excluding carboxylic acids is 2. The normalized spacial score (nSPS) is 13.8. The van der Waals surface area contributed by atoms with Crippen molar-refractivity contribution in [3.05, 3.63) is 126 Å². The Balaban J connectivity index is 1.01. The van der Waals surface area contributed by atoms with Gasteiger partial charge in [0.2, 0.25) is 0 Å². The number of carbonyl (C=O) groups is 2. The van der Waals surface area contributed by atoms with Crippen LogP contribution in [0.5, 0.6) is 0 Å². The van der Waals surface area contributed by atoms with E-state index in [-0.39, 0.29) is 17.7 Å². The summed E-state index contributed by atoms with van der Waals surface area (Å²) in [5.41, 5.74) is 7.26. The number of piperidine rings is 1. The molecule has 1 saturated heterocycles. The lowest BCUT2D eigenvalue weighted by molar-refractivity contribution is 0.0985. The number of nitrogens with one attached hydrogen (secondary N) is 2. The summed E-state index contributed by atoms with van der Waals surface area (Å²) in [4.78, 5) is 31.1. The molecule has 6 rings (SSSR count). The molecular formula is C35H33N3O3. The fraction of sp³-hybridized carbons (Fsp3) is 0.200. The molecule has 0 amide bonds. The lowest BCUT2D eigenvalue weighted by Crippen LogP contribution is -2.35. The number of fused-ring (bicyclic) bond motifs is 1. The molecule has 0 saturated carbocycles. The van der Waals surface area contributed by atoms with Crippen molar-refractivity contribution in [2.24, 2.45) is 0 Å². The smallest absolute Gasteiger partial charge is 0.167 e. The van der Waals surface area contributed by atoms with Gasteiger partial charge in [-0.2, -0.15) is 0 Å². The number of aliphatic hydroxyl groups is 1. The number of aromatic nitrogens is 1. The van der Waals surface area contributed by atoms with Gasteiger partial charge in [-0.15, -0.1) is 0 Å². The summed E-state index contributed by atoms with van der Waals surface area (Å²) >= 11 is 0. The number of H-pyrrole nitrogens is 1. The highest BCUT2D eigenvalue weighted by molar-refractivity contribution is 6.00. The van der Waals surface area contributed by atoms with Crippen molar-refractivity contribution in [3.8, 4) is 0 Å². The van der Waals surface area contributed by atoms with Gasteiger partial charge in [0.05, 0.1) is 6.10 Å². The zero-order valence-electron chi connectivity index (χ0n) is 22.8. The third-order valence-corrected chi connectivity index (χ3v) is 7.82. The maximum absolute atomic E-state index is 12.9. The molecule has 4 aromatic carbocycles. The number of ketones is 2. The molecule has 6 heteroatoms. The molecule has 1 aromatic heterocycles. The summed E-state index contributed by atoms with van der Waals surface area (Å²) in [5.74, 6) is 0.176. The van der Waals surface area contributed by atoms with E-state index in [2.05, 4.69) is 15.2 Å². The van der Waals surface area contributed by atoms with Crippen LogP contribution in [0.25, 0.3) is 10.9 Å². The number of aliphatic hydroxyl groups excluding tert-OH is 1. The average Bonchev–Trinajstić information content (AvgIpc) is 3.48. The molecule has 1 aliphatic rings. The van der Waals surface area contributed by atoms with Gasteiger partial charge in [0.15, 0.2) is 11.6 Å². The molecule has 3 N–H and O–H groups in total. The minimum Gasteiger partial charge on any atom is -0.393 e. The molecule has 1 fully saturated rings. The van der Waals surface area contributed by atoms with Crippen molar-refractivity contribution in [2.45, 2.75) is 31.8 Å². The SMILES string of the molecule is O=C(Cc1ccc(Nc2ccc(CC(=O)c3ccc4cc[nH]c4c3)cc2)cc1)c1ccc(N2CCC(O)CC2)cc1. The van der Waals surface area contributed by atoms with Crippen LogP contribution in [0.4, 0.5) is 17.1 Å². The zero-order chi connectivity index (χ0) is 28.2. The van der Waals surface area contributed by atoms with Crippen molar-refractivity contribution in [3.63, 3.8) is 0 Å². The van der Waals surface area contributed by atoms with Crippen LogP contribution in [0.3, 0.4) is 0 Å². The molecule has 0 aliphatic carbocycles. The molecule has 0 atom stereocenters. The second-order valence-electron chi connectivity index (χ2n) is 10.8. The van der Waals surface area contributed by atoms with E-state index in [9.17, 15) is 14.7 Å². The Bertz CT molecular complexity index is 1650. The van der Waals surface area contributed by atoms with Crippen LogP contribution >= 0.6 is 0 Å². The second kappa shape index (κ2) is 11.8. The van der Waals surface area contributed by atoms with Crippen molar-refractivity contribution in [1.29, 1.82) is 0 Å². The van der Waals surface area contributed by atoms with Crippen LogP contribution in [0.2, 0.25) is 0 Å². The van der Waals surface area contributed by atoms with E-state index < -0.39 is 0 Å². The summed E-state index contributed by atoms with van der Waals surface area (Å²) in [6.45, 7) is 1.68. The largest absolute Gasteiger partial charge is 0.393 e. The van der Waals surface area contributed by atoms with Gasteiger partial charge in [0.1, 0.15) is 0 Å². The van der Waals surface area contributed by atoms with Crippen molar-refractivity contribution >= 4 is 39.5 Å². The van der Waals surface area contributed by atoms with Crippen molar-refractivity contribution in [2.75, 3.05) is 23.3 Å². The maximum Gasteiger partial charge on any atom is 0.167 e. The molecule has 0 radical (unpaired) electrons. The van der Waals surface area contributed by atoms with Gasteiger partial charge in [-0.3, -0.25) is 9.59 Å². The summed E-state index contributed by atoms with van der Waals surface area (Å²) in [5, 5.41) is 14.2. The quantitative estimate of drug-likeness (QED) is 0.180. The van der Waals surface area contributed by atoms with Gasteiger partial charge in [-0.05, 0) is 90.0 Å². The minimum absolute atomic E-state index is 0.0873. The predicted octanol–water partition coefficient (Wildman–Crippen LogP) is 6.72. The molecule has 0 bridgehead atoms. The molecule has 206 valence electrons. The Morgan fingerprint density at radius 3 is 1.90 bits per heavy atom. The topological polar surface area (TPSA) is 85.4 Å². The number of anilines is 3. The van der Waals surface area contributed by atoms with Gasteiger partial charge < -0.3 is 20.3 Å². The van der Waals surface area contributed by atoms with Crippen molar-refractivity contribution in [1.82, 2.24) is 4.98 Å². The first-order valence-electron chi connectivity index (χ1n) is 14.1. The summed E-state index contributed by atoms with van der Waals surface area (Å²) < 4.78 is 0. The number of hydrogen-bond donors (Lipinski definition) is 3. The molecule has 6 nitrogen and oxygen atoms in total. The summed E-state index contributed by atoms with van der Waals surface area (Å²) in [7, 11) is 0. The summed E-state index contributed by atoms with van der Waals surface area (Å²) in [6.07, 6.45) is 3.93. The monoisotopic (exact) mass is 543 g/mol. The maximum atomic E-state index is 12.9. The molecular weight excluding hydrogens is 510 g/mol.